The number of nitrogen functional groups attached to an aromatic ring is 1. The smallest absolute Gasteiger partial charge is 0.265 e. The molecule has 2 rings (SSSR count). The van der Waals surface area contributed by atoms with Crippen LogP contribution in [0.3, 0.4) is 0 Å². The Bertz CT molecular complexity index is 450. The van der Waals surface area contributed by atoms with E-state index in [0.29, 0.717) is 17.5 Å². The van der Waals surface area contributed by atoms with E-state index in [1.165, 1.54) is 11.3 Å². The van der Waals surface area contributed by atoms with E-state index in [1.807, 2.05) is 6.92 Å². The second kappa shape index (κ2) is 4.75. The molecule has 1 fully saturated rings. The van der Waals surface area contributed by atoms with Gasteiger partial charge in [-0.3, -0.25) is 4.79 Å². The fourth-order valence-electron chi connectivity index (χ4n) is 1.27. The molecule has 1 saturated carbocycles. The van der Waals surface area contributed by atoms with Crippen LogP contribution in [-0.2, 0) is 0 Å². The molecular weight excluding hydrogens is 236 g/mol. The van der Waals surface area contributed by atoms with Gasteiger partial charge in [0, 0.05) is 12.6 Å². The number of carbonyl (C=O) groups is 1. The number of hydrogen-bond acceptors (Lipinski definition) is 5. The van der Waals surface area contributed by atoms with Gasteiger partial charge in [0.2, 0.25) is 0 Å². The Labute approximate surface area is 104 Å². The molecule has 1 aliphatic carbocycles. The van der Waals surface area contributed by atoms with E-state index in [4.69, 9.17) is 5.73 Å². The van der Waals surface area contributed by atoms with E-state index >= 15 is 0 Å². The first-order valence-corrected chi connectivity index (χ1v) is 6.33. The number of nitrogens with two attached hydrogens (primary N) is 1. The van der Waals surface area contributed by atoms with Gasteiger partial charge in [0.15, 0.2) is 5.13 Å². The lowest BCUT2D eigenvalue weighted by Crippen LogP contribution is -2.24. The number of rotatable bonds is 5. The van der Waals surface area contributed by atoms with Crippen LogP contribution in [-0.4, -0.2) is 23.5 Å². The van der Waals surface area contributed by atoms with Gasteiger partial charge in [-0.25, -0.2) is 4.98 Å². The van der Waals surface area contributed by atoms with E-state index in [9.17, 15) is 4.79 Å². The Morgan fingerprint density at radius 3 is 2.94 bits per heavy atom. The Kier molecular flexibility index (Phi) is 3.33. The molecule has 4 N–H and O–H groups in total. The van der Waals surface area contributed by atoms with Gasteiger partial charge in [-0.15, -0.1) is 0 Å². The summed E-state index contributed by atoms with van der Waals surface area (Å²) in [5, 5.41) is 6.70. The lowest BCUT2D eigenvalue weighted by molar-refractivity contribution is 0.0961. The summed E-state index contributed by atoms with van der Waals surface area (Å²) in [5.41, 5.74) is 6.62. The van der Waals surface area contributed by atoms with Crippen LogP contribution in [0.1, 0.15) is 29.4 Å². The summed E-state index contributed by atoms with van der Waals surface area (Å²) in [4.78, 5) is 16.4. The molecule has 17 heavy (non-hydrogen) atoms. The van der Waals surface area contributed by atoms with Crippen LogP contribution in [0.4, 0.5) is 10.9 Å². The number of carbonyl (C=O) groups excluding carboxylic acids is 1. The fourth-order valence-corrected chi connectivity index (χ4v) is 2.15. The van der Waals surface area contributed by atoms with Crippen LogP contribution >= 0.6 is 11.3 Å². The molecule has 0 bridgehead atoms. The maximum absolute atomic E-state index is 11.8. The van der Waals surface area contributed by atoms with Gasteiger partial charge in [-0.1, -0.05) is 23.5 Å². The third kappa shape index (κ3) is 3.20. The molecule has 0 atom stereocenters. The summed E-state index contributed by atoms with van der Waals surface area (Å²) in [5.74, 6) is 0.101. The van der Waals surface area contributed by atoms with Crippen molar-refractivity contribution in [3.05, 3.63) is 17.0 Å². The van der Waals surface area contributed by atoms with Gasteiger partial charge in [-0.2, -0.15) is 0 Å². The fraction of sp³-hybridized carbons (Fsp3) is 0.455. The highest BCUT2D eigenvalue weighted by molar-refractivity contribution is 7.18. The highest BCUT2D eigenvalue weighted by Gasteiger charge is 2.24. The Morgan fingerprint density at radius 2 is 2.35 bits per heavy atom. The number of nitrogens with zero attached hydrogens (tertiary/aromatic N) is 1. The third-order valence-electron chi connectivity index (χ3n) is 2.32. The molecule has 0 radical (unpaired) electrons. The maximum Gasteiger partial charge on any atom is 0.265 e. The minimum absolute atomic E-state index is 0.188. The van der Waals surface area contributed by atoms with Crippen molar-refractivity contribution in [3.63, 3.8) is 0 Å². The van der Waals surface area contributed by atoms with Crippen LogP contribution in [0.25, 0.3) is 0 Å². The number of nitrogens with one attached hydrogen (secondary N) is 2. The van der Waals surface area contributed by atoms with E-state index in [-0.39, 0.29) is 11.7 Å². The molecular formula is C11H16N4OS. The summed E-state index contributed by atoms with van der Waals surface area (Å²) in [7, 11) is 0. The topological polar surface area (TPSA) is 80.0 Å². The van der Waals surface area contributed by atoms with Crippen molar-refractivity contribution in [3.8, 4) is 0 Å². The molecule has 1 aromatic rings. The zero-order chi connectivity index (χ0) is 12.4. The van der Waals surface area contributed by atoms with Gasteiger partial charge in [-0.05, 0) is 19.8 Å². The van der Waals surface area contributed by atoms with Crippen molar-refractivity contribution < 1.29 is 4.79 Å². The SMILES string of the molecule is C=C(C)CNC(=O)c1sc(NC2CC2)nc1N. The lowest BCUT2D eigenvalue weighted by Gasteiger charge is -2.02. The first-order valence-electron chi connectivity index (χ1n) is 5.51. The Hall–Kier alpha value is -1.56. The van der Waals surface area contributed by atoms with E-state index < -0.39 is 0 Å². The number of anilines is 2. The molecule has 0 unspecified atom stereocenters. The maximum atomic E-state index is 11.8. The monoisotopic (exact) mass is 252 g/mol. The van der Waals surface area contributed by atoms with Crippen molar-refractivity contribution >= 4 is 28.2 Å². The van der Waals surface area contributed by atoms with Crippen molar-refractivity contribution in [2.75, 3.05) is 17.6 Å². The van der Waals surface area contributed by atoms with E-state index in [2.05, 4.69) is 22.2 Å². The van der Waals surface area contributed by atoms with E-state index in [1.54, 1.807) is 0 Å². The highest BCUT2D eigenvalue weighted by atomic mass is 32.1. The summed E-state index contributed by atoms with van der Waals surface area (Å²) < 4.78 is 0. The first-order chi connectivity index (χ1) is 8.06. The van der Waals surface area contributed by atoms with Crippen molar-refractivity contribution in [2.45, 2.75) is 25.8 Å². The average Bonchev–Trinajstić information content (AvgIpc) is 2.98. The molecule has 0 aliphatic heterocycles. The number of aromatic nitrogens is 1. The molecule has 1 heterocycles. The number of amides is 1. The molecule has 5 nitrogen and oxygen atoms in total. The Morgan fingerprint density at radius 1 is 1.65 bits per heavy atom. The second-order valence-corrected chi connectivity index (χ2v) is 5.29. The lowest BCUT2D eigenvalue weighted by atomic mass is 10.3. The van der Waals surface area contributed by atoms with Crippen LogP contribution in [0.15, 0.2) is 12.2 Å². The normalized spacial score (nSPS) is 14.4. The van der Waals surface area contributed by atoms with Crippen LogP contribution in [0.5, 0.6) is 0 Å². The summed E-state index contributed by atoms with van der Waals surface area (Å²) in [6.07, 6.45) is 2.33. The summed E-state index contributed by atoms with van der Waals surface area (Å²) >= 11 is 1.30. The standard InChI is InChI=1S/C11H16N4OS/c1-6(2)5-13-10(16)8-9(12)15-11(17-8)14-7-3-4-7/h7H,1,3-5,12H2,2H3,(H,13,16)(H,14,15). The molecule has 0 spiro atoms. The van der Waals surface area contributed by atoms with Gasteiger partial charge >= 0.3 is 0 Å². The van der Waals surface area contributed by atoms with Crippen LogP contribution in [0, 0.1) is 0 Å². The second-order valence-electron chi connectivity index (χ2n) is 4.29. The molecule has 1 aromatic heterocycles. The Balaban J connectivity index is 2.00. The predicted octanol–water partition coefficient (Wildman–Crippen LogP) is 1.61. The number of thiazole rings is 1. The molecule has 0 aromatic carbocycles. The molecule has 6 heteroatoms. The van der Waals surface area contributed by atoms with Crippen LogP contribution in [0.2, 0.25) is 0 Å². The van der Waals surface area contributed by atoms with Crippen molar-refractivity contribution in [1.82, 2.24) is 10.3 Å². The van der Waals surface area contributed by atoms with Crippen LogP contribution < -0.4 is 16.4 Å². The minimum Gasteiger partial charge on any atom is -0.382 e. The number of hydrogen-bond donors (Lipinski definition) is 3. The van der Waals surface area contributed by atoms with E-state index in [0.717, 1.165) is 23.5 Å². The molecule has 1 amide bonds. The zero-order valence-electron chi connectivity index (χ0n) is 9.75. The summed E-state index contributed by atoms with van der Waals surface area (Å²) in [6, 6.07) is 0.506. The largest absolute Gasteiger partial charge is 0.382 e. The average molecular weight is 252 g/mol. The minimum atomic E-state index is -0.188. The van der Waals surface area contributed by atoms with Crippen molar-refractivity contribution in [2.24, 2.45) is 0 Å². The first kappa shape index (κ1) is 11.9. The van der Waals surface area contributed by atoms with Gasteiger partial charge < -0.3 is 16.4 Å². The third-order valence-corrected chi connectivity index (χ3v) is 3.32. The van der Waals surface area contributed by atoms with Gasteiger partial charge in [0.05, 0.1) is 0 Å². The quantitative estimate of drug-likeness (QED) is 0.695. The molecule has 92 valence electrons. The molecule has 1 aliphatic rings. The molecule has 0 saturated heterocycles. The highest BCUT2D eigenvalue weighted by Crippen LogP contribution is 2.30. The van der Waals surface area contributed by atoms with Crippen molar-refractivity contribution in [1.29, 1.82) is 0 Å². The summed E-state index contributed by atoms with van der Waals surface area (Å²) in [6.45, 7) is 6.04. The van der Waals surface area contributed by atoms with Gasteiger partial charge in [0.1, 0.15) is 10.7 Å². The zero-order valence-corrected chi connectivity index (χ0v) is 10.6. The van der Waals surface area contributed by atoms with Gasteiger partial charge in [0.25, 0.3) is 5.91 Å². The predicted molar refractivity (Wildman–Crippen MR) is 70.3 cm³/mol.